The van der Waals surface area contributed by atoms with Gasteiger partial charge in [0.1, 0.15) is 0 Å². The summed E-state index contributed by atoms with van der Waals surface area (Å²) in [4.78, 5) is 24.9. The minimum absolute atomic E-state index is 0.0199. The average Bonchev–Trinajstić information content (AvgIpc) is 2.86. The molecule has 1 aromatic rings. The number of aromatic carboxylic acids is 2. The molecule has 2 N–H and O–H groups in total. The van der Waals surface area contributed by atoms with Crippen LogP contribution in [0.5, 0.6) is 0 Å². The molecule has 4 nitrogen and oxygen atoms in total. The minimum atomic E-state index is -1.12. The molecule has 3 unspecified atom stereocenters. The molecular weight excluding hydrogens is 448 g/mol. The molecule has 0 amide bonds. The lowest BCUT2D eigenvalue weighted by Gasteiger charge is -2.27. The van der Waals surface area contributed by atoms with Gasteiger partial charge in [0.15, 0.2) is 0 Å². The smallest absolute Gasteiger partial charge is 0.336 e. The van der Waals surface area contributed by atoms with Gasteiger partial charge in [0.25, 0.3) is 0 Å². The van der Waals surface area contributed by atoms with E-state index in [2.05, 4.69) is 41.5 Å². The molecule has 0 aliphatic carbocycles. The Balaban J connectivity index is 3.80. The highest BCUT2D eigenvalue weighted by Gasteiger charge is 2.28. The fourth-order valence-corrected chi connectivity index (χ4v) is 5.63. The van der Waals surface area contributed by atoms with E-state index in [0.29, 0.717) is 24.2 Å². The van der Waals surface area contributed by atoms with E-state index >= 15 is 0 Å². The van der Waals surface area contributed by atoms with Crippen molar-refractivity contribution >= 4 is 11.9 Å². The molecule has 0 aliphatic heterocycles. The van der Waals surface area contributed by atoms with Crippen LogP contribution < -0.4 is 0 Å². The van der Waals surface area contributed by atoms with E-state index in [1.54, 1.807) is 6.07 Å². The molecule has 36 heavy (non-hydrogen) atoms. The molecule has 0 bridgehead atoms. The number of unbranched alkanes of at least 4 members (excludes halogenated alkanes) is 3. The summed E-state index contributed by atoms with van der Waals surface area (Å²) in [6, 6.07) is 1.73. The van der Waals surface area contributed by atoms with Crippen molar-refractivity contribution in [1.29, 1.82) is 0 Å². The maximum Gasteiger partial charge on any atom is 0.336 e. The summed E-state index contributed by atoms with van der Waals surface area (Å²) in [7, 11) is 0. The third kappa shape index (κ3) is 9.90. The molecule has 0 fully saturated rings. The second kappa shape index (κ2) is 17.6. The average molecular weight is 503 g/mol. The van der Waals surface area contributed by atoms with Crippen LogP contribution in [0.3, 0.4) is 0 Å². The largest absolute Gasteiger partial charge is 0.478 e. The lowest BCUT2D eigenvalue weighted by atomic mass is 9.77. The highest BCUT2D eigenvalue weighted by molar-refractivity contribution is 6.03. The Labute approximate surface area is 221 Å². The van der Waals surface area contributed by atoms with Crippen molar-refractivity contribution in [2.75, 3.05) is 0 Å². The van der Waals surface area contributed by atoms with Crippen molar-refractivity contribution in [3.8, 4) is 0 Å². The van der Waals surface area contributed by atoms with Crippen molar-refractivity contribution in [1.82, 2.24) is 0 Å². The van der Waals surface area contributed by atoms with Crippen LogP contribution in [0.4, 0.5) is 0 Å². The maximum atomic E-state index is 12.6. The van der Waals surface area contributed by atoms with E-state index in [0.717, 1.165) is 93.7 Å². The van der Waals surface area contributed by atoms with Gasteiger partial charge in [0.2, 0.25) is 0 Å². The van der Waals surface area contributed by atoms with Crippen molar-refractivity contribution in [2.24, 2.45) is 17.8 Å². The Bertz CT molecular complexity index is 798. The molecule has 0 heterocycles. The Morgan fingerprint density at radius 1 is 0.639 bits per heavy atom. The summed E-state index contributed by atoms with van der Waals surface area (Å²) in [5.74, 6) is -0.864. The number of rotatable bonds is 20. The molecule has 3 atom stereocenters. The van der Waals surface area contributed by atoms with Crippen LogP contribution in [0.2, 0.25) is 0 Å². The van der Waals surface area contributed by atoms with Gasteiger partial charge >= 0.3 is 11.9 Å². The van der Waals surface area contributed by atoms with Crippen LogP contribution in [-0.2, 0) is 19.3 Å². The molecule has 206 valence electrons. The van der Waals surface area contributed by atoms with Crippen molar-refractivity contribution in [2.45, 2.75) is 138 Å². The highest BCUT2D eigenvalue weighted by Crippen LogP contribution is 2.34. The number of carboxylic acid groups (broad SMARTS) is 2. The Hall–Kier alpha value is -1.84. The standard InChI is InChI=1S/C32H54O4/c1-7-13-16-23(10-4)19-26-22-29(31(33)34)30(32(35)36)28(21-25(12-6)18-15-9-3)27(26)20-24(11-5)17-14-8-2/h22-25H,7-21H2,1-6H3,(H,33,34)(H,35,36). The van der Waals surface area contributed by atoms with Crippen molar-refractivity contribution < 1.29 is 19.8 Å². The summed E-state index contributed by atoms with van der Waals surface area (Å²) in [6.07, 6.45) is 15.6. The summed E-state index contributed by atoms with van der Waals surface area (Å²) in [5, 5.41) is 20.4. The number of carboxylic acids is 2. The second-order valence-electron chi connectivity index (χ2n) is 10.9. The molecule has 0 saturated carbocycles. The van der Waals surface area contributed by atoms with E-state index in [9.17, 15) is 19.8 Å². The zero-order valence-electron chi connectivity index (χ0n) is 24.1. The fraction of sp³-hybridized carbons (Fsp3) is 0.750. The van der Waals surface area contributed by atoms with E-state index in [-0.39, 0.29) is 11.1 Å². The van der Waals surface area contributed by atoms with Gasteiger partial charge in [-0.15, -0.1) is 0 Å². The van der Waals surface area contributed by atoms with E-state index in [4.69, 9.17) is 0 Å². The summed E-state index contributed by atoms with van der Waals surface area (Å²) >= 11 is 0. The van der Waals surface area contributed by atoms with Crippen LogP contribution >= 0.6 is 0 Å². The number of hydrogen-bond acceptors (Lipinski definition) is 2. The van der Waals surface area contributed by atoms with Gasteiger partial charge in [-0.25, -0.2) is 9.59 Å². The first-order valence-corrected chi connectivity index (χ1v) is 14.9. The quantitative estimate of drug-likeness (QED) is 0.186. The van der Waals surface area contributed by atoms with Gasteiger partial charge in [-0.1, -0.05) is 119 Å². The first-order valence-electron chi connectivity index (χ1n) is 14.9. The Kier molecular flexibility index (Phi) is 15.7. The second-order valence-corrected chi connectivity index (χ2v) is 10.9. The maximum absolute atomic E-state index is 12.6. The molecule has 0 saturated heterocycles. The lowest BCUT2D eigenvalue weighted by Crippen LogP contribution is -2.21. The van der Waals surface area contributed by atoms with Crippen LogP contribution in [0.15, 0.2) is 6.07 Å². The van der Waals surface area contributed by atoms with Crippen LogP contribution in [0.25, 0.3) is 0 Å². The predicted molar refractivity (Wildman–Crippen MR) is 151 cm³/mol. The number of hydrogen-bond donors (Lipinski definition) is 2. The zero-order valence-corrected chi connectivity index (χ0v) is 24.1. The van der Waals surface area contributed by atoms with Crippen LogP contribution in [0.1, 0.15) is 156 Å². The van der Waals surface area contributed by atoms with Crippen molar-refractivity contribution in [3.05, 3.63) is 33.9 Å². The molecule has 4 heteroatoms. The molecule has 0 aliphatic rings. The number of carbonyl (C=O) groups is 2. The monoisotopic (exact) mass is 502 g/mol. The van der Waals surface area contributed by atoms with Gasteiger partial charge < -0.3 is 10.2 Å². The number of benzene rings is 1. The topological polar surface area (TPSA) is 74.6 Å². The van der Waals surface area contributed by atoms with Gasteiger partial charge in [0, 0.05) is 0 Å². The van der Waals surface area contributed by atoms with E-state index < -0.39 is 11.9 Å². The van der Waals surface area contributed by atoms with Gasteiger partial charge in [0.05, 0.1) is 11.1 Å². The van der Waals surface area contributed by atoms with E-state index in [1.165, 1.54) is 12.8 Å². The van der Waals surface area contributed by atoms with Gasteiger partial charge in [-0.2, -0.15) is 0 Å². The first kappa shape index (κ1) is 32.2. The third-order valence-corrected chi connectivity index (χ3v) is 8.21. The SMILES string of the molecule is CCCCC(CC)Cc1cc(C(=O)O)c(C(=O)O)c(CC(CC)CCCC)c1CC(CC)CCCC. The van der Waals surface area contributed by atoms with E-state index in [1.807, 2.05) is 0 Å². The van der Waals surface area contributed by atoms with Crippen molar-refractivity contribution in [3.63, 3.8) is 0 Å². The van der Waals surface area contributed by atoms with Crippen LogP contribution in [0, 0.1) is 17.8 Å². The molecule has 0 spiro atoms. The molecule has 0 radical (unpaired) electrons. The third-order valence-electron chi connectivity index (χ3n) is 8.21. The molecule has 1 aromatic carbocycles. The molecule has 1 rings (SSSR count). The fourth-order valence-electron chi connectivity index (χ4n) is 5.63. The zero-order chi connectivity index (χ0) is 27.1. The van der Waals surface area contributed by atoms with Gasteiger partial charge in [-0.05, 0) is 59.8 Å². The summed E-state index contributed by atoms with van der Waals surface area (Å²) in [5.41, 5.74) is 3.10. The lowest BCUT2D eigenvalue weighted by molar-refractivity contribution is 0.0650. The normalized spacial score (nSPS) is 13.9. The van der Waals surface area contributed by atoms with Gasteiger partial charge in [-0.3, -0.25) is 0 Å². The van der Waals surface area contributed by atoms with Crippen LogP contribution in [-0.4, -0.2) is 22.2 Å². The molecular formula is C32H54O4. The predicted octanol–water partition coefficient (Wildman–Crippen LogP) is 9.36. The minimum Gasteiger partial charge on any atom is -0.478 e. The summed E-state index contributed by atoms with van der Waals surface area (Å²) < 4.78 is 0. The summed E-state index contributed by atoms with van der Waals surface area (Å²) in [6.45, 7) is 13.2. The highest BCUT2D eigenvalue weighted by atomic mass is 16.4. The first-order chi connectivity index (χ1) is 17.3. The Morgan fingerprint density at radius 3 is 1.42 bits per heavy atom. The Morgan fingerprint density at radius 2 is 1.06 bits per heavy atom. The molecule has 0 aromatic heterocycles.